The second-order valence-corrected chi connectivity index (χ2v) is 12.3. The smallest absolute Gasteiger partial charge is 0.124 e. The van der Waals surface area contributed by atoms with Crippen LogP contribution in [0.2, 0.25) is 19.6 Å². The number of phenols is 1. The van der Waals surface area contributed by atoms with Crippen LogP contribution in [0.1, 0.15) is 32.3 Å². The summed E-state index contributed by atoms with van der Waals surface area (Å²) in [6.07, 6.45) is 3.92. The third-order valence-electron chi connectivity index (χ3n) is 4.47. The average molecular weight is 340 g/mol. The van der Waals surface area contributed by atoms with Crippen molar-refractivity contribution in [2.24, 2.45) is 4.99 Å². The van der Waals surface area contributed by atoms with Crippen molar-refractivity contribution in [3.63, 3.8) is 0 Å². The van der Waals surface area contributed by atoms with E-state index < -0.39 is 8.07 Å². The maximum absolute atomic E-state index is 11.0. The summed E-state index contributed by atoms with van der Waals surface area (Å²) in [6, 6.07) is 14.8. The summed E-state index contributed by atoms with van der Waals surface area (Å²) in [5, 5.41) is 12.1. The van der Waals surface area contributed by atoms with Gasteiger partial charge in [0.1, 0.15) is 5.75 Å². The summed E-state index contributed by atoms with van der Waals surface area (Å²) >= 11 is 0. The molecule has 0 saturated carbocycles. The van der Waals surface area contributed by atoms with Gasteiger partial charge >= 0.3 is 0 Å². The number of benzene rings is 2. The van der Waals surface area contributed by atoms with Crippen molar-refractivity contribution in [3.05, 3.63) is 48.0 Å². The third kappa shape index (κ3) is 4.15. The van der Waals surface area contributed by atoms with Gasteiger partial charge in [0.15, 0.2) is 0 Å². The Kier molecular flexibility index (Phi) is 6.00. The van der Waals surface area contributed by atoms with Crippen molar-refractivity contribution in [1.82, 2.24) is 0 Å². The highest BCUT2D eigenvalue weighted by atomic mass is 28.3. The van der Waals surface area contributed by atoms with E-state index in [9.17, 15) is 5.11 Å². The molecule has 0 saturated heterocycles. The molecule has 0 aliphatic heterocycles. The minimum atomic E-state index is -1.62. The molecule has 0 fully saturated rings. The summed E-state index contributed by atoms with van der Waals surface area (Å²) in [4.78, 5) is 4.73. The minimum absolute atomic E-state index is 0.309. The van der Waals surface area contributed by atoms with Gasteiger partial charge in [-0.2, -0.15) is 0 Å². The number of aromatic hydroxyl groups is 1. The van der Waals surface area contributed by atoms with Gasteiger partial charge < -0.3 is 5.11 Å². The van der Waals surface area contributed by atoms with E-state index in [0.717, 1.165) is 34.7 Å². The lowest BCUT2D eigenvalue weighted by molar-refractivity contribution is 0.478. The van der Waals surface area contributed by atoms with Crippen LogP contribution >= 0.6 is 0 Å². The topological polar surface area (TPSA) is 32.6 Å². The van der Waals surface area contributed by atoms with Crippen LogP contribution in [0.4, 0.5) is 0 Å². The molecule has 2 nitrogen and oxygen atoms in total. The van der Waals surface area contributed by atoms with Crippen LogP contribution in [0.5, 0.6) is 5.75 Å². The van der Waals surface area contributed by atoms with E-state index in [1.807, 2.05) is 24.4 Å². The fraction of sp³-hybridized carbons (Fsp3) is 0.381. The van der Waals surface area contributed by atoms with Gasteiger partial charge in [-0.05, 0) is 29.2 Å². The second-order valence-electron chi connectivity index (χ2n) is 7.29. The number of hydrogen-bond donors (Lipinski definition) is 1. The van der Waals surface area contributed by atoms with Crippen LogP contribution in [0.25, 0.3) is 11.1 Å². The molecule has 0 radical (unpaired) electrons. The molecule has 0 spiro atoms. The highest BCUT2D eigenvalue weighted by Crippen LogP contribution is 2.29. The van der Waals surface area contributed by atoms with Crippen LogP contribution in [-0.4, -0.2) is 25.4 Å². The molecular weight excluding hydrogens is 310 g/mol. The van der Waals surface area contributed by atoms with Crippen molar-refractivity contribution in [2.75, 3.05) is 0 Å². The maximum Gasteiger partial charge on any atom is 0.124 e. The molecule has 0 aromatic heterocycles. The van der Waals surface area contributed by atoms with E-state index in [0.29, 0.717) is 11.8 Å². The molecule has 0 atom stereocenters. The van der Waals surface area contributed by atoms with Gasteiger partial charge in [0.2, 0.25) is 0 Å². The fourth-order valence-corrected chi connectivity index (χ4v) is 4.32. The monoisotopic (exact) mass is 339 g/mol. The highest BCUT2D eigenvalue weighted by molar-refractivity contribution is 6.89. The summed E-state index contributed by atoms with van der Waals surface area (Å²) in [6.45, 7) is 11.1. The average Bonchev–Trinajstić information content (AvgIpc) is 2.56. The predicted octanol–water partition coefficient (Wildman–Crippen LogP) is 5.21. The molecular formula is C21H29NOSi. The first-order valence-electron chi connectivity index (χ1n) is 8.83. The lowest BCUT2D eigenvalue weighted by Gasteiger charge is -2.21. The van der Waals surface area contributed by atoms with Crippen LogP contribution in [0.3, 0.4) is 0 Å². The molecule has 0 unspecified atom stereocenters. The van der Waals surface area contributed by atoms with E-state index in [1.165, 1.54) is 0 Å². The molecule has 0 aliphatic carbocycles. The van der Waals surface area contributed by atoms with Crippen LogP contribution in [-0.2, 0) is 0 Å². The molecule has 3 heteroatoms. The molecule has 24 heavy (non-hydrogen) atoms. The summed E-state index contributed by atoms with van der Waals surface area (Å²) in [5.41, 5.74) is 3.01. The zero-order valence-corrected chi connectivity index (χ0v) is 16.5. The standard InChI is InChI=1S/C21H29NOSi/c1-6-17(7-2)22-15-19-18(16-11-9-8-10-12-16)13-14-20(21(19)23)24(3,4)5/h8-15,17,23H,6-7H2,1-5H3. The lowest BCUT2D eigenvalue weighted by atomic mass is 9.99. The maximum atomic E-state index is 11.0. The molecule has 0 bridgehead atoms. The first-order chi connectivity index (χ1) is 11.4. The van der Waals surface area contributed by atoms with Gasteiger partial charge in [0.25, 0.3) is 0 Å². The number of phenolic OH excluding ortho intramolecular Hbond substituents is 1. The van der Waals surface area contributed by atoms with Gasteiger partial charge in [0.05, 0.1) is 8.07 Å². The first-order valence-corrected chi connectivity index (χ1v) is 12.3. The molecule has 128 valence electrons. The molecule has 2 aromatic carbocycles. The Bertz CT molecular complexity index is 698. The Balaban J connectivity index is 2.62. The third-order valence-corrected chi connectivity index (χ3v) is 6.49. The molecule has 0 aliphatic rings. The largest absolute Gasteiger partial charge is 0.507 e. The van der Waals surface area contributed by atoms with E-state index >= 15 is 0 Å². The number of nitrogens with zero attached hydrogens (tertiary/aromatic N) is 1. The Labute approximate surface area is 147 Å². The minimum Gasteiger partial charge on any atom is -0.507 e. The van der Waals surface area contributed by atoms with Crippen LogP contribution in [0.15, 0.2) is 47.5 Å². The number of hydrogen-bond acceptors (Lipinski definition) is 2. The van der Waals surface area contributed by atoms with E-state index in [1.54, 1.807) is 0 Å². The van der Waals surface area contributed by atoms with Gasteiger partial charge in [-0.3, -0.25) is 4.99 Å². The van der Waals surface area contributed by atoms with Crippen LogP contribution < -0.4 is 5.19 Å². The van der Waals surface area contributed by atoms with Crippen molar-refractivity contribution in [2.45, 2.75) is 52.4 Å². The Morgan fingerprint density at radius 3 is 2.17 bits per heavy atom. The summed E-state index contributed by atoms with van der Waals surface area (Å²) in [7, 11) is -1.62. The lowest BCUT2D eigenvalue weighted by Crippen LogP contribution is -2.38. The quantitative estimate of drug-likeness (QED) is 0.568. The van der Waals surface area contributed by atoms with Gasteiger partial charge in [-0.25, -0.2) is 0 Å². The zero-order valence-electron chi connectivity index (χ0n) is 15.5. The second kappa shape index (κ2) is 7.80. The summed E-state index contributed by atoms with van der Waals surface area (Å²) in [5.74, 6) is 0.408. The van der Waals surface area contributed by atoms with Gasteiger partial charge in [-0.1, -0.05) is 76.0 Å². The van der Waals surface area contributed by atoms with E-state index in [2.05, 4.69) is 57.8 Å². The van der Waals surface area contributed by atoms with E-state index in [-0.39, 0.29) is 0 Å². The number of aliphatic imine (C=N–C) groups is 1. The van der Waals surface area contributed by atoms with Gasteiger partial charge in [0, 0.05) is 17.8 Å². The SMILES string of the molecule is CCC(CC)N=Cc1c(-c2ccccc2)ccc([Si](C)(C)C)c1O. The van der Waals surface area contributed by atoms with E-state index in [4.69, 9.17) is 4.99 Å². The molecule has 0 heterocycles. The van der Waals surface area contributed by atoms with Crippen molar-refractivity contribution in [3.8, 4) is 16.9 Å². The predicted molar refractivity (Wildman–Crippen MR) is 108 cm³/mol. The summed E-state index contributed by atoms with van der Waals surface area (Å²) < 4.78 is 0. The molecule has 0 amide bonds. The zero-order chi connectivity index (χ0) is 17.7. The molecule has 2 aromatic rings. The van der Waals surface area contributed by atoms with Crippen molar-refractivity contribution < 1.29 is 5.11 Å². The Hall–Kier alpha value is -1.87. The highest BCUT2D eigenvalue weighted by Gasteiger charge is 2.23. The number of rotatable bonds is 6. The Morgan fingerprint density at radius 2 is 1.62 bits per heavy atom. The normalized spacial score (nSPS) is 12.2. The van der Waals surface area contributed by atoms with Crippen LogP contribution in [0, 0.1) is 0 Å². The molecule has 2 rings (SSSR count). The van der Waals surface area contributed by atoms with Gasteiger partial charge in [-0.15, -0.1) is 0 Å². The van der Waals surface area contributed by atoms with Crippen molar-refractivity contribution in [1.29, 1.82) is 0 Å². The fourth-order valence-electron chi connectivity index (χ4n) is 2.89. The first kappa shape index (κ1) is 18.5. The van der Waals surface area contributed by atoms with Crippen molar-refractivity contribution >= 4 is 19.5 Å². The Morgan fingerprint density at radius 1 is 1.00 bits per heavy atom. The molecule has 1 N–H and O–H groups in total.